The maximum Gasteiger partial charge on any atom is 0.300 e. The van der Waals surface area contributed by atoms with Gasteiger partial charge in [-0.1, -0.05) is 40.0 Å². The smallest absolute Gasteiger partial charge is 0.300 e. The summed E-state index contributed by atoms with van der Waals surface area (Å²) in [5, 5.41) is 2.77. The van der Waals surface area contributed by atoms with Crippen LogP contribution in [0, 0.1) is 15.4 Å². The molecule has 0 atom stereocenters. The Kier molecular flexibility index (Phi) is 5.00. The van der Waals surface area contributed by atoms with Crippen molar-refractivity contribution in [2.24, 2.45) is 0 Å². The van der Waals surface area contributed by atoms with Crippen LogP contribution in [-0.4, -0.2) is 5.91 Å². The second-order valence-corrected chi connectivity index (χ2v) is 5.77. The van der Waals surface area contributed by atoms with E-state index in [0.29, 0.717) is 0 Å². The van der Waals surface area contributed by atoms with E-state index in [4.69, 9.17) is 0 Å². The Morgan fingerprint density at radius 2 is 1.89 bits per heavy atom. The van der Waals surface area contributed by atoms with E-state index in [1.807, 2.05) is 48.5 Å². The zero-order valence-corrected chi connectivity index (χ0v) is 13.5. The summed E-state index contributed by atoms with van der Waals surface area (Å²) in [4.78, 5) is 11.7. The number of amides is 1. The summed E-state index contributed by atoms with van der Waals surface area (Å²) in [6.45, 7) is 0. The number of rotatable bonds is 1. The monoisotopic (exact) mass is 425 g/mol. The summed E-state index contributed by atoms with van der Waals surface area (Å²) >= 11 is 5.54. The van der Waals surface area contributed by atoms with Crippen LogP contribution >= 0.6 is 38.5 Å². The zero-order chi connectivity index (χ0) is 13.7. The summed E-state index contributed by atoms with van der Waals surface area (Å²) < 4.78 is 1.88. The molecule has 2 aromatic rings. The van der Waals surface area contributed by atoms with Gasteiger partial charge in [-0.2, -0.15) is 0 Å². The number of carbonyl (C=O) groups excluding carboxylic acids is 1. The van der Waals surface area contributed by atoms with Crippen molar-refractivity contribution in [3.63, 3.8) is 0 Å². The topological polar surface area (TPSA) is 29.1 Å². The van der Waals surface area contributed by atoms with Crippen molar-refractivity contribution in [3.05, 3.63) is 62.1 Å². The van der Waals surface area contributed by atoms with E-state index in [1.54, 1.807) is 0 Å². The van der Waals surface area contributed by atoms with Gasteiger partial charge in [0, 0.05) is 19.5 Å². The molecule has 2 rings (SSSR count). The molecule has 0 spiro atoms. The Hall–Kier alpha value is -1.32. The summed E-state index contributed by atoms with van der Waals surface area (Å²) in [5.41, 5.74) is 1.57. The highest BCUT2D eigenvalue weighted by molar-refractivity contribution is 14.1. The van der Waals surface area contributed by atoms with Crippen LogP contribution in [0.25, 0.3) is 0 Å². The first kappa shape index (κ1) is 14.1. The number of benzene rings is 2. The highest BCUT2D eigenvalue weighted by atomic mass is 127. The van der Waals surface area contributed by atoms with E-state index in [9.17, 15) is 4.79 Å². The summed E-state index contributed by atoms with van der Waals surface area (Å²) in [5.74, 6) is 5.08. The molecule has 2 aromatic carbocycles. The number of halogens is 2. The molecule has 0 saturated heterocycles. The van der Waals surface area contributed by atoms with Gasteiger partial charge in [0.05, 0.1) is 5.69 Å². The van der Waals surface area contributed by atoms with Gasteiger partial charge >= 0.3 is 5.91 Å². The maximum atomic E-state index is 11.7. The molecule has 0 radical (unpaired) electrons. The lowest BCUT2D eigenvalue weighted by molar-refractivity contribution is -0.111. The molecule has 2 nitrogen and oxygen atoms in total. The molecule has 4 heteroatoms. The first-order valence-electron chi connectivity index (χ1n) is 5.48. The molecule has 0 fully saturated rings. The fourth-order valence-electron chi connectivity index (χ4n) is 1.40. The first-order chi connectivity index (χ1) is 9.15. The fourth-order valence-corrected chi connectivity index (χ4v) is 2.23. The predicted octanol–water partition coefficient (Wildman–Crippen LogP) is 4.04. The molecule has 0 bridgehead atoms. The average Bonchev–Trinajstić information content (AvgIpc) is 2.42. The molecule has 0 aromatic heterocycles. The molecule has 0 heterocycles. The minimum atomic E-state index is -0.320. The number of carbonyl (C=O) groups is 1. The molecule has 94 valence electrons. The van der Waals surface area contributed by atoms with Crippen LogP contribution < -0.4 is 5.32 Å². The summed E-state index contributed by atoms with van der Waals surface area (Å²) in [6, 6.07) is 15.1. The van der Waals surface area contributed by atoms with Crippen molar-refractivity contribution in [3.8, 4) is 11.8 Å². The molecule has 19 heavy (non-hydrogen) atoms. The van der Waals surface area contributed by atoms with E-state index >= 15 is 0 Å². The van der Waals surface area contributed by atoms with Gasteiger partial charge in [-0.15, -0.1) is 0 Å². The van der Waals surface area contributed by atoms with Crippen molar-refractivity contribution >= 4 is 50.1 Å². The van der Waals surface area contributed by atoms with Crippen LogP contribution in [0.2, 0.25) is 0 Å². The van der Waals surface area contributed by atoms with Crippen molar-refractivity contribution < 1.29 is 4.79 Å². The molecule has 1 N–H and O–H groups in total. The average molecular weight is 426 g/mol. The van der Waals surface area contributed by atoms with Gasteiger partial charge in [0.25, 0.3) is 0 Å². The van der Waals surface area contributed by atoms with Gasteiger partial charge < -0.3 is 5.32 Å². The molecular weight excluding hydrogens is 417 g/mol. The lowest BCUT2D eigenvalue weighted by atomic mass is 10.2. The lowest BCUT2D eigenvalue weighted by Crippen LogP contribution is -2.09. The van der Waals surface area contributed by atoms with E-state index in [2.05, 4.69) is 55.7 Å². The van der Waals surface area contributed by atoms with Gasteiger partial charge in [0.15, 0.2) is 0 Å². The molecular formula is C15H9BrINO. The number of hydrogen-bond acceptors (Lipinski definition) is 1. The van der Waals surface area contributed by atoms with Gasteiger partial charge in [-0.25, -0.2) is 0 Å². The number of anilines is 1. The number of nitrogens with one attached hydrogen (secondary N) is 1. The molecule has 1 amide bonds. The second-order valence-electron chi connectivity index (χ2n) is 3.69. The number of hydrogen-bond donors (Lipinski definition) is 1. The van der Waals surface area contributed by atoms with Crippen molar-refractivity contribution in [2.75, 3.05) is 5.32 Å². The largest absolute Gasteiger partial charge is 0.314 e. The zero-order valence-electron chi connectivity index (χ0n) is 9.78. The Morgan fingerprint density at radius 1 is 1.16 bits per heavy atom. The van der Waals surface area contributed by atoms with Crippen LogP contribution in [0.1, 0.15) is 5.56 Å². The minimum Gasteiger partial charge on any atom is -0.314 e. The Labute approximate surface area is 133 Å². The fraction of sp³-hybridized carbons (Fsp3) is 0. The third kappa shape index (κ3) is 4.37. The first-order valence-corrected chi connectivity index (χ1v) is 7.35. The minimum absolute atomic E-state index is 0.320. The second kappa shape index (κ2) is 6.73. The van der Waals surface area contributed by atoms with E-state index in [1.165, 1.54) is 0 Å². The van der Waals surface area contributed by atoms with Crippen LogP contribution in [-0.2, 0) is 4.79 Å². The highest BCUT2D eigenvalue weighted by Gasteiger charge is 2.03. The third-order valence-corrected chi connectivity index (χ3v) is 3.70. The third-order valence-electron chi connectivity index (χ3n) is 2.27. The maximum absolute atomic E-state index is 11.7. The van der Waals surface area contributed by atoms with Gasteiger partial charge in [-0.05, 0) is 52.9 Å². The SMILES string of the molecule is O=C(C#Cc1ccccc1)Nc1cc(Br)ccc1I. The van der Waals surface area contributed by atoms with Crippen molar-refractivity contribution in [1.29, 1.82) is 0 Å². The Morgan fingerprint density at radius 3 is 2.63 bits per heavy atom. The molecule has 0 saturated carbocycles. The van der Waals surface area contributed by atoms with E-state index in [-0.39, 0.29) is 5.91 Å². The molecule has 0 aliphatic rings. The lowest BCUT2D eigenvalue weighted by Gasteiger charge is -2.04. The van der Waals surface area contributed by atoms with Gasteiger partial charge in [0.1, 0.15) is 0 Å². The van der Waals surface area contributed by atoms with Gasteiger partial charge in [-0.3, -0.25) is 4.79 Å². The normalized spacial score (nSPS) is 9.37. The van der Waals surface area contributed by atoms with Crippen LogP contribution in [0.5, 0.6) is 0 Å². The standard InChI is InChI=1S/C15H9BrINO/c16-12-7-8-13(17)14(10-12)18-15(19)9-6-11-4-2-1-3-5-11/h1-5,7-8,10H,(H,18,19). The Bertz CT molecular complexity index is 659. The van der Waals surface area contributed by atoms with Crippen LogP contribution in [0.4, 0.5) is 5.69 Å². The Balaban J connectivity index is 2.10. The summed E-state index contributed by atoms with van der Waals surface area (Å²) in [6.07, 6.45) is 0. The van der Waals surface area contributed by atoms with Crippen molar-refractivity contribution in [2.45, 2.75) is 0 Å². The predicted molar refractivity (Wildman–Crippen MR) is 88.8 cm³/mol. The van der Waals surface area contributed by atoms with E-state index < -0.39 is 0 Å². The quantitative estimate of drug-likeness (QED) is 0.542. The van der Waals surface area contributed by atoms with Crippen LogP contribution in [0.3, 0.4) is 0 Å². The summed E-state index contributed by atoms with van der Waals surface area (Å²) in [7, 11) is 0. The molecule has 0 aliphatic heterocycles. The molecule has 0 aliphatic carbocycles. The van der Waals surface area contributed by atoms with Crippen LogP contribution in [0.15, 0.2) is 53.0 Å². The van der Waals surface area contributed by atoms with Gasteiger partial charge in [0.2, 0.25) is 0 Å². The van der Waals surface area contributed by atoms with Crippen molar-refractivity contribution in [1.82, 2.24) is 0 Å². The molecule has 0 unspecified atom stereocenters. The van der Waals surface area contributed by atoms with E-state index in [0.717, 1.165) is 19.3 Å². The highest BCUT2D eigenvalue weighted by Crippen LogP contribution is 2.22.